The summed E-state index contributed by atoms with van der Waals surface area (Å²) in [5.41, 5.74) is 0.425. The smallest absolute Gasteiger partial charge is 0.224 e. The van der Waals surface area contributed by atoms with E-state index >= 15 is 0 Å². The van der Waals surface area contributed by atoms with Gasteiger partial charge < -0.3 is 15.3 Å². The van der Waals surface area contributed by atoms with Gasteiger partial charge in [-0.15, -0.1) is 0 Å². The normalized spacial score (nSPS) is 24.9. The molecule has 2 atom stereocenters. The predicted octanol–water partition coefficient (Wildman–Crippen LogP) is 1.57. The molecule has 0 aliphatic carbocycles. The molecule has 6 nitrogen and oxygen atoms in total. The Labute approximate surface area is 167 Å². The molecule has 0 aromatic heterocycles. The zero-order valence-electron chi connectivity index (χ0n) is 17.1. The van der Waals surface area contributed by atoms with Gasteiger partial charge in [0.2, 0.25) is 11.8 Å². The Balaban J connectivity index is 1.46. The van der Waals surface area contributed by atoms with Crippen LogP contribution in [0.2, 0.25) is 0 Å². The highest BCUT2D eigenvalue weighted by Crippen LogP contribution is 2.29. The molecule has 0 bridgehead atoms. The molecule has 2 amide bonds. The maximum Gasteiger partial charge on any atom is 0.224 e. The lowest BCUT2D eigenvalue weighted by Crippen LogP contribution is -2.49. The second kappa shape index (κ2) is 9.05. The van der Waals surface area contributed by atoms with Gasteiger partial charge in [0, 0.05) is 51.5 Å². The Morgan fingerprint density at radius 3 is 2.43 bits per heavy atom. The number of carbonyl (C=O) groups excluding carboxylic acids is 2. The first-order valence-electron chi connectivity index (χ1n) is 10.4. The van der Waals surface area contributed by atoms with E-state index in [1.165, 1.54) is 6.92 Å². The van der Waals surface area contributed by atoms with E-state index < -0.39 is 5.60 Å². The van der Waals surface area contributed by atoms with Crippen LogP contribution < -0.4 is 5.32 Å². The Morgan fingerprint density at radius 1 is 1.14 bits per heavy atom. The molecule has 0 saturated carbocycles. The van der Waals surface area contributed by atoms with Crippen LogP contribution in [0.3, 0.4) is 0 Å². The molecule has 1 aromatic carbocycles. The summed E-state index contributed by atoms with van der Waals surface area (Å²) in [5, 5.41) is 13.8. The Kier molecular flexibility index (Phi) is 6.73. The van der Waals surface area contributed by atoms with E-state index in [-0.39, 0.29) is 17.9 Å². The quantitative estimate of drug-likeness (QED) is 0.777. The van der Waals surface area contributed by atoms with Crippen molar-refractivity contribution in [1.29, 1.82) is 0 Å². The average molecular weight is 388 g/mol. The minimum absolute atomic E-state index is 0.00997. The van der Waals surface area contributed by atoms with Crippen LogP contribution in [0, 0.1) is 0 Å². The van der Waals surface area contributed by atoms with Gasteiger partial charge in [0.25, 0.3) is 0 Å². The third-order valence-corrected chi connectivity index (χ3v) is 6.40. The zero-order valence-corrected chi connectivity index (χ0v) is 17.1. The van der Waals surface area contributed by atoms with E-state index in [9.17, 15) is 14.7 Å². The highest BCUT2D eigenvalue weighted by molar-refractivity contribution is 5.77. The molecular formula is C22H33N3O3. The number of piperidine rings is 1. The standard InChI is InChI=1S/C22H33N3O3/c1-17(26)23-16-20-9-8-19(24(20)2)14-21(27)25-12-10-22(28,11-13-25)15-18-6-4-3-5-7-18/h3-7,19-20,28H,8-16H2,1-2H3,(H,23,26)/t19-,20+/m0/s1. The number of likely N-dealkylation sites (N-methyl/N-ethyl adjacent to an activating group) is 1. The summed E-state index contributed by atoms with van der Waals surface area (Å²) >= 11 is 0. The number of amides is 2. The number of nitrogens with one attached hydrogen (secondary N) is 1. The fourth-order valence-corrected chi connectivity index (χ4v) is 4.50. The van der Waals surface area contributed by atoms with Crippen LogP contribution in [0.4, 0.5) is 0 Å². The zero-order chi connectivity index (χ0) is 20.1. The number of carbonyl (C=O) groups is 2. The second-order valence-corrected chi connectivity index (χ2v) is 8.46. The fourth-order valence-electron chi connectivity index (χ4n) is 4.50. The van der Waals surface area contributed by atoms with Crippen LogP contribution in [0.1, 0.15) is 44.6 Å². The number of hydrogen-bond acceptors (Lipinski definition) is 4. The molecule has 2 aliphatic rings. The van der Waals surface area contributed by atoms with Crippen molar-refractivity contribution in [2.24, 2.45) is 0 Å². The molecule has 28 heavy (non-hydrogen) atoms. The van der Waals surface area contributed by atoms with E-state index in [2.05, 4.69) is 10.2 Å². The molecule has 0 unspecified atom stereocenters. The lowest BCUT2D eigenvalue weighted by Gasteiger charge is -2.39. The monoisotopic (exact) mass is 387 g/mol. The Morgan fingerprint density at radius 2 is 1.79 bits per heavy atom. The van der Waals surface area contributed by atoms with Gasteiger partial charge in [0.15, 0.2) is 0 Å². The minimum Gasteiger partial charge on any atom is -0.389 e. The number of benzene rings is 1. The third-order valence-electron chi connectivity index (χ3n) is 6.40. The van der Waals surface area contributed by atoms with Crippen LogP contribution in [0.5, 0.6) is 0 Å². The Bertz CT molecular complexity index is 671. The molecule has 2 fully saturated rings. The predicted molar refractivity (Wildman–Crippen MR) is 109 cm³/mol. The number of rotatable bonds is 6. The number of aliphatic hydroxyl groups is 1. The summed E-state index contributed by atoms with van der Waals surface area (Å²) < 4.78 is 0. The van der Waals surface area contributed by atoms with Gasteiger partial charge in [-0.3, -0.25) is 14.5 Å². The lowest BCUT2D eigenvalue weighted by atomic mass is 9.85. The summed E-state index contributed by atoms with van der Waals surface area (Å²) in [6.07, 6.45) is 4.40. The highest BCUT2D eigenvalue weighted by Gasteiger charge is 2.36. The van der Waals surface area contributed by atoms with Crippen LogP contribution >= 0.6 is 0 Å². The first-order valence-corrected chi connectivity index (χ1v) is 10.4. The average Bonchev–Trinajstić information content (AvgIpc) is 3.01. The van der Waals surface area contributed by atoms with Crippen molar-refractivity contribution >= 4 is 11.8 Å². The lowest BCUT2D eigenvalue weighted by molar-refractivity contribution is -0.136. The summed E-state index contributed by atoms with van der Waals surface area (Å²) in [4.78, 5) is 28.1. The maximum absolute atomic E-state index is 12.8. The molecule has 6 heteroatoms. The second-order valence-electron chi connectivity index (χ2n) is 8.46. The summed E-state index contributed by atoms with van der Waals surface area (Å²) in [6, 6.07) is 10.6. The van der Waals surface area contributed by atoms with Crippen molar-refractivity contribution in [3.63, 3.8) is 0 Å². The molecular weight excluding hydrogens is 354 g/mol. The van der Waals surface area contributed by atoms with E-state index in [0.717, 1.165) is 18.4 Å². The molecule has 154 valence electrons. The first kappa shape index (κ1) is 20.8. The SMILES string of the molecule is CC(=O)NC[C@H]1CC[C@@H](CC(=O)N2CCC(O)(Cc3ccccc3)CC2)N1C. The minimum atomic E-state index is -0.717. The van der Waals surface area contributed by atoms with Gasteiger partial charge in [0.1, 0.15) is 0 Å². The van der Waals surface area contributed by atoms with E-state index in [1.807, 2.05) is 42.3 Å². The van der Waals surface area contributed by atoms with Gasteiger partial charge in [-0.25, -0.2) is 0 Å². The van der Waals surface area contributed by atoms with Crippen molar-refractivity contribution in [1.82, 2.24) is 15.1 Å². The van der Waals surface area contributed by atoms with Gasteiger partial charge in [-0.2, -0.15) is 0 Å². The van der Waals surface area contributed by atoms with Crippen molar-refractivity contribution in [3.05, 3.63) is 35.9 Å². The third kappa shape index (κ3) is 5.32. The molecule has 2 aliphatic heterocycles. The molecule has 0 radical (unpaired) electrons. The maximum atomic E-state index is 12.8. The largest absolute Gasteiger partial charge is 0.389 e. The van der Waals surface area contributed by atoms with Gasteiger partial charge in [-0.1, -0.05) is 30.3 Å². The summed E-state index contributed by atoms with van der Waals surface area (Å²) in [5.74, 6) is 0.169. The topological polar surface area (TPSA) is 72.9 Å². The molecule has 0 spiro atoms. The van der Waals surface area contributed by atoms with Crippen molar-refractivity contribution in [2.45, 2.75) is 63.1 Å². The van der Waals surface area contributed by atoms with Crippen LogP contribution in [0.15, 0.2) is 30.3 Å². The molecule has 3 rings (SSSR count). The number of nitrogens with zero attached hydrogens (tertiary/aromatic N) is 2. The van der Waals surface area contributed by atoms with Gasteiger partial charge in [0.05, 0.1) is 5.60 Å². The number of hydrogen-bond donors (Lipinski definition) is 2. The summed E-state index contributed by atoms with van der Waals surface area (Å²) in [6.45, 7) is 3.42. The first-order chi connectivity index (χ1) is 13.4. The van der Waals surface area contributed by atoms with Crippen LogP contribution in [-0.4, -0.2) is 71.1 Å². The van der Waals surface area contributed by atoms with Crippen molar-refractivity contribution < 1.29 is 14.7 Å². The van der Waals surface area contributed by atoms with Crippen LogP contribution in [0.25, 0.3) is 0 Å². The molecule has 2 saturated heterocycles. The fraction of sp³-hybridized carbons (Fsp3) is 0.636. The highest BCUT2D eigenvalue weighted by atomic mass is 16.3. The molecule has 1 aromatic rings. The van der Waals surface area contributed by atoms with E-state index in [0.29, 0.717) is 51.4 Å². The van der Waals surface area contributed by atoms with Crippen molar-refractivity contribution in [3.8, 4) is 0 Å². The van der Waals surface area contributed by atoms with E-state index in [4.69, 9.17) is 0 Å². The summed E-state index contributed by atoms with van der Waals surface area (Å²) in [7, 11) is 2.05. The van der Waals surface area contributed by atoms with Crippen LogP contribution in [-0.2, 0) is 16.0 Å². The van der Waals surface area contributed by atoms with E-state index in [1.54, 1.807) is 0 Å². The van der Waals surface area contributed by atoms with Gasteiger partial charge in [-0.05, 0) is 38.3 Å². The van der Waals surface area contributed by atoms with Crippen molar-refractivity contribution in [2.75, 3.05) is 26.7 Å². The molecule has 2 heterocycles. The van der Waals surface area contributed by atoms with Gasteiger partial charge >= 0.3 is 0 Å². The number of likely N-dealkylation sites (tertiary alicyclic amines) is 2. The Hall–Kier alpha value is -1.92. The molecule has 2 N–H and O–H groups in total.